The summed E-state index contributed by atoms with van der Waals surface area (Å²) in [5.41, 5.74) is 0.655. The Morgan fingerprint density at radius 3 is 2.15 bits per heavy atom. The molecule has 4 fully saturated rings. The summed E-state index contributed by atoms with van der Waals surface area (Å²) in [5, 5.41) is 0. The first-order valence-electron chi connectivity index (χ1n) is 9.40. The Kier molecular flexibility index (Phi) is 3.61. The van der Waals surface area contributed by atoms with E-state index in [1.807, 2.05) is 0 Å². The summed E-state index contributed by atoms with van der Waals surface area (Å²) in [4.78, 5) is 0. The van der Waals surface area contributed by atoms with E-state index in [1.165, 1.54) is 64.2 Å². The van der Waals surface area contributed by atoms with Gasteiger partial charge >= 0.3 is 0 Å². The zero-order valence-corrected chi connectivity index (χ0v) is 13.3. The van der Waals surface area contributed by atoms with Gasteiger partial charge in [-0.1, -0.05) is 39.0 Å². The highest BCUT2D eigenvalue weighted by atomic mass is 16.6. The van der Waals surface area contributed by atoms with Crippen molar-refractivity contribution in [3.05, 3.63) is 0 Å². The van der Waals surface area contributed by atoms with Crippen molar-refractivity contribution in [3.63, 3.8) is 0 Å². The van der Waals surface area contributed by atoms with E-state index in [0.29, 0.717) is 17.6 Å². The summed E-state index contributed by atoms with van der Waals surface area (Å²) < 4.78 is 5.76. The Balaban J connectivity index is 1.33. The van der Waals surface area contributed by atoms with Gasteiger partial charge in [0.05, 0.1) is 12.2 Å². The standard InChI is InChI=1S/C19H32O/c1-19(16-7-8-17-18(13-16)20-17)11-9-15(10-12-19)14-5-3-2-4-6-14/h14-18H,2-13H2,1H3. The quantitative estimate of drug-likeness (QED) is 0.621. The molecule has 0 N–H and O–H groups in total. The molecule has 4 rings (SSSR count). The number of epoxide rings is 1. The maximum atomic E-state index is 5.76. The monoisotopic (exact) mass is 276 g/mol. The summed E-state index contributed by atoms with van der Waals surface area (Å²) in [6.45, 7) is 2.61. The molecule has 0 aromatic heterocycles. The van der Waals surface area contributed by atoms with E-state index < -0.39 is 0 Å². The molecule has 1 nitrogen and oxygen atoms in total. The van der Waals surface area contributed by atoms with Gasteiger partial charge in [0.25, 0.3) is 0 Å². The maximum Gasteiger partial charge on any atom is 0.0844 e. The van der Waals surface area contributed by atoms with E-state index in [-0.39, 0.29) is 0 Å². The van der Waals surface area contributed by atoms with Crippen LogP contribution in [0.1, 0.15) is 84.0 Å². The molecule has 1 heterocycles. The second-order valence-corrected chi connectivity index (χ2v) is 8.61. The summed E-state index contributed by atoms with van der Waals surface area (Å²) >= 11 is 0. The molecule has 1 aliphatic heterocycles. The van der Waals surface area contributed by atoms with Gasteiger partial charge in [-0.05, 0) is 68.1 Å². The predicted molar refractivity (Wildman–Crippen MR) is 82.6 cm³/mol. The van der Waals surface area contributed by atoms with Crippen molar-refractivity contribution in [2.45, 2.75) is 96.2 Å². The van der Waals surface area contributed by atoms with Gasteiger partial charge in [-0.15, -0.1) is 0 Å². The molecule has 1 heteroatoms. The molecular formula is C19H32O. The first kappa shape index (κ1) is 13.6. The van der Waals surface area contributed by atoms with Crippen LogP contribution in [0.25, 0.3) is 0 Å². The number of fused-ring (bicyclic) bond motifs is 1. The fraction of sp³-hybridized carbons (Fsp3) is 1.00. The Labute approximate surface area is 124 Å². The van der Waals surface area contributed by atoms with Crippen molar-refractivity contribution in [2.75, 3.05) is 0 Å². The van der Waals surface area contributed by atoms with E-state index in [1.54, 1.807) is 12.8 Å². The summed E-state index contributed by atoms with van der Waals surface area (Å²) in [6.07, 6.45) is 19.2. The van der Waals surface area contributed by atoms with Crippen LogP contribution >= 0.6 is 0 Å². The Bertz CT molecular complexity index is 336. The molecule has 1 saturated heterocycles. The van der Waals surface area contributed by atoms with Gasteiger partial charge in [-0.25, -0.2) is 0 Å². The maximum absolute atomic E-state index is 5.76. The van der Waals surface area contributed by atoms with Crippen LogP contribution in [0.3, 0.4) is 0 Å². The van der Waals surface area contributed by atoms with Crippen molar-refractivity contribution < 1.29 is 4.74 Å². The van der Waals surface area contributed by atoms with E-state index >= 15 is 0 Å². The number of hydrogen-bond donors (Lipinski definition) is 0. The molecule has 0 aromatic carbocycles. The van der Waals surface area contributed by atoms with Crippen LogP contribution in [0.5, 0.6) is 0 Å². The Morgan fingerprint density at radius 2 is 1.45 bits per heavy atom. The third-order valence-corrected chi connectivity index (χ3v) is 7.48. The van der Waals surface area contributed by atoms with Crippen molar-refractivity contribution in [3.8, 4) is 0 Å². The molecule has 3 unspecified atom stereocenters. The van der Waals surface area contributed by atoms with Crippen LogP contribution in [-0.4, -0.2) is 12.2 Å². The highest BCUT2D eigenvalue weighted by molar-refractivity contribution is 4.98. The predicted octanol–water partition coefficient (Wildman–Crippen LogP) is 5.33. The molecule has 0 radical (unpaired) electrons. The van der Waals surface area contributed by atoms with Crippen LogP contribution in [0.2, 0.25) is 0 Å². The topological polar surface area (TPSA) is 12.5 Å². The van der Waals surface area contributed by atoms with E-state index in [4.69, 9.17) is 4.74 Å². The molecule has 4 aliphatic rings. The fourth-order valence-electron chi connectivity index (χ4n) is 5.82. The lowest BCUT2D eigenvalue weighted by Gasteiger charge is -2.46. The molecular weight excluding hydrogens is 244 g/mol. The average Bonchev–Trinajstić information content (AvgIpc) is 3.27. The minimum Gasteiger partial charge on any atom is -0.370 e. The Hall–Kier alpha value is -0.0400. The normalized spacial score (nSPS) is 49.6. The second-order valence-electron chi connectivity index (χ2n) is 8.61. The number of rotatable bonds is 2. The van der Waals surface area contributed by atoms with Crippen LogP contribution in [0.4, 0.5) is 0 Å². The highest BCUT2D eigenvalue weighted by Gasteiger charge is 2.49. The van der Waals surface area contributed by atoms with Gasteiger partial charge in [0, 0.05) is 0 Å². The molecule has 0 amide bonds. The third kappa shape index (κ3) is 2.56. The van der Waals surface area contributed by atoms with E-state index in [2.05, 4.69) is 6.92 Å². The van der Waals surface area contributed by atoms with E-state index in [9.17, 15) is 0 Å². The van der Waals surface area contributed by atoms with Crippen molar-refractivity contribution >= 4 is 0 Å². The molecule has 3 saturated carbocycles. The van der Waals surface area contributed by atoms with Gasteiger partial charge in [-0.3, -0.25) is 0 Å². The average molecular weight is 276 g/mol. The fourth-order valence-corrected chi connectivity index (χ4v) is 5.82. The highest BCUT2D eigenvalue weighted by Crippen LogP contribution is 2.54. The molecule has 0 aromatic rings. The molecule has 0 bridgehead atoms. The zero-order chi connectivity index (χ0) is 13.6. The molecule has 20 heavy (non-hydrogen) atoms. The van der Waals surface area contributed by atoms with Crippen LogP contribution < -0.4 is 0 Å². The summed E-state index contributed by atoms with van der Waals surface area (Å²) in [6, 6.07) is 0. The first-order valence-corrected chi connectivity index (χ1v) is 9.40. The molecule has 0 spiro atoms. The van der Waals surface area contributed by atoms with Crippen LogP contribution in [0, 0.1) is 23.2 Å². The van der Waals surface area contributed by atoms with Gasteiger partial charge < -0.3 is 4.74 Å². The smallest absolute Gasteiger partial charge is 0.0844 e. The Morgan fingerprint density at radius 1 is 0.750 bits per heavy atom. The lowest BCUT2D eigenvalue weighted by Crippen LogP contribution is -2.36. The first-order chi connectivity index (χ1) is 9.74. The van der Waals surface area contributed by atoms with Crippen molar-refractivity contribution in [1.82, 2.24) is 0 Å². The minimum absolute atomic E-state index is 0.655. The second kappa shape index (κ2) is 5.30. The summed E-state index contributed by atoms with van der Waals surface area (Å²) in [7, 11) is 0. The molecule has 3 aliphatic carbocycles. The van der Waals surface area contributed by atoms with Crippen LogP contribution in [0.15, 0.2) is 0 Å². The van der Waals surface area contributed by atoms with Gasteiger partial charge in [0.15, 0.2) is 0 Å². The SMILES string of the molecule is CC1(C2CCC3OC3C2)CCC(C2CCCCC2)CC1. The third-order valence-electron chi connectivity index (χ3n) is 7.48. The summed E-state index contributed by atoms with van der Waals surface area (Å²) in [5.74, 6) is 3.14. The van der Waals surface area contributed by atoms with Crippen LogP contribution in [-0.2, 0) is 4.74 Å². The lowest BCUT2D eigenvalue weighted by molar-refractivity contribution is 0.0494. The molecule has 114 valence electrons. The number of ether oxygens (including phenoxy) is 1. The van der Waals surface area contributed by atoms with Crippen molar-refractivity contribution in [1.29, 1.82) is 0 Å². The number of hydrogen-bond acceptors (Lipinski definition) is 1. The van der Waals surface area contributed by atoms with Gasteiger partial charge in [-0.2, -0.15) is 0 Å². The van der Waals surface area contributed by atoms with Crippen molar-refractivity contribution in [2.24, 2.45) is 23.2 Å². The lowest BCUT2D eigenvalue weighted by atomic mass is 9.59. The largest absolute Gasteiger partial charge is 0.370 e. The molecule has 3 atom stereocenters. The van der Waals surface area contributed by atoms with E-state index in [0.717, 1.165) is 17.8 Å². The minimum atomic E-state index is 0.655. The van der Waals surface area contributed by atoms with Gasteiger partial charge in [0.1, 0.15) is 0 Å². The zero-order valence-electron chi connectivity index (χ0n) is 13.3. The van der Waals surface area contributed by atoms with Gasteiger partial charge in [0.2, 0.25) is 0 Å².